The number of pyridine rings is 1. The normalized spacial score (nSPS) is 32.9. The van der Waals surface area contributed by atoms with Gasteiger partial charge in [0.2, 0.25) is 0 Å². The lowest BCUT2D eigenvalue weighted by molar-refractivity contribution is 0.480. The van der Waals surface area contributed by atoms with E-state index in [-0.39, 0.29) is 0 Å². The zero-order valence-corrected chi connectivity index (χ0v) is 11.2. The predicted molar refractivity (Wildman–Crippen MR) is 71.3 cm³/mol. The number of hydrogen-bond donors (Lipinski definition) is 0. The van der Waals surface area contributed by atoms with Crippen LogP contribution in [0.15, 0.2) is 18.3 Å². The third-order valence-corrected chi connectivity index (χ3v) is 4.96. The number of nitrogens with zero attached hydrogens (tertiary/aromatic N) is 1. The molecule has 0 N–H and O–H groups in total. The van der Waals surface area contributed by atoms with Crippen LogP contribution in [-0.2, 0) is 6.42 Å². The zero-order chi connectivity index (χ0) is 11.8. The number of fused-ring (bicyclic) bond motifs is 1. The number of aryl methyl sites for hydroxylation is 1. The van der Waals surface area contributed by atoms with Crippen LogP contribution in [0.25, 0.3) is 0 Å². The van der Waals surface area contributed by atoms with E-state index in [2.05, 4.69) is 24.0 Å². The first kappa shape index (κ1) is 11.5. The molecule has 0 bridgehead atoms. The van der Waals surface area contributed by atoms with Gasteiger partial charge in [-0.25, -0.2) is 0 Å². The van der Waals surface area contributed by atoms with Crippen LogP contribution in [-0.4, -0.2) is 10.4 Å². The van der Waals surface area contributed by atoms with E-state index in [1.165, 1.54) is 31.2 Å². The van der Waals surface area contributed by atoms with E-state index in [0.717, 1.165) is 29.9 Å². The van der Waals surface area contributed by atoms with E-state index in [4.69, 9.17) is 11.6 Å². The highest BCUT2D eigenvalue weighted by Gasteiger charge is 2.53. The second kappa shape index (κ2) is 4.61. The fourth-order valence-corrected chi connectivity index (χ4v) is 4.07. The second-order valence-electron chi connectivity index (χ2n) is 5.74. The van der Waals surface area contributed by atoms with Gasteiger partial charge in [0.25, 0.3) is 0 Å². The number of aromatic nitrogens is 1. The van der Waals surface area contributed by atoms with Crippen molar-refractivity contribution in [2.45, 2.75) is 44.4 Å². The number of halogens is 1. The Morgan fingerprint density at radius 2 is 2.00 bits per heavy atom. The monoisotopic (exact) mass is 249 g/mol. The molecule has 0 aliphatic heterocycles. The van der Waals surface area contributed by atoms with Crippen molar-refractivity contribution in [3.63, 3.8) is 0 Å². The van der Waals surface area contributed by atoms with Gasteiger partial charge >= 0.3 is 0 Å². The van der Waals surface area contributed by atoms with Crippen molar-refractivity contribution in [2.24, 2.45) is 17.8 Å². The molecule has 0 amide bonds. The Hall–Kier alpha value is -0.560. The lowest BCUT2D eigenvalue weighted by atomic mass is 10.0. The van der Waals surface area contributed by atoms with Gasteiger partial charge in [-0.1, -0.05) is 18.9 Å². The quantitative estimate of drug-likeness (QED) is 0.739. The van der Waals surface area contributed by atoms with Gasteiger partial charge in [-0.3, -0.25) is 4.98 Å². The summed E-state index contributed by atoms with van der Waals surface area (Å²) in [4.78, 5) is 4.46. The molecule has 0 aromatic carbocycles. The first-order chi connectivity index (χ1) is 8.25. The van der Waals surface area contributed by atoms with Crippen LogP contribution in [0.1, 0.15) is 36.9 Å². The third kappa shape index (κ3) is 2.35. The average molecular weight is 250 g/mol. The van der Waals surface area contributed by atoms with Gasteiger partial charge in [0, 0.05) is 23.7 Å². The molecule has 3 atom stereocenters. The summed E-state index contributed by atoms with van der Waals surface area (Å²) in [7, 11) is 0. The highest BCUT2D eigenvalue weighted by atomic mass is 35.5. The highest BCUT2D eigenvalue weighted by Crippen LogP contribution is 2.58. The number of hydrogen-bond acceptors (Lipinski definition) is 1. The molecular formula is C15H20ClN. The Balaban J connectivity index is 1.60. The molecule has 1 aromatic rings. The average Bonchev–Trinajstić information content (AvgIpc) is 3.06. The van der Waals surface area contributed by atoms with E-state index in [0.29, 0.717) is 5.38 Å². The maximum atomic E-state index is 6.59. The molecule has 0 radical (unpaired) electrons. The molecule has 2 aliphatic carbocycles. The summed E-state index contributed by atoms with van der Waals surface area (Å²) in [6.45, 7) is 2.07. The van der Waals surface area contributed by atoms with E-state index in [1.54, 1.807) is 0 Å². The summed E-state index contributed by atoms with van der Waals surface area (Å²) in [6.07, 6.45) is 8.56. The second-order valence-corrected chi connectivity index (χ2v) is 6.30. The summed E-state index contributed by atoms with van der Waals surface area (Å²) >= 11 is 6.59. The van der Waals surface area contributed by atoms with Crippen molar-refractivity contribution < 1.29 is 0 Å². The molecule has 0 saturated heterocycles. The fourth-order valence-electron chi connectivity index (χ4n) is 3.54. The molecule has 17 heavy (non-hydrogen) atoms. The summed E-state index contributed by atoms with van der Waals surface area (Å²) in [5, 5.41) is 0.304. The van der Waals surface area contributed by atoms with Crippen LogP contribution >= 0.6 is 11.6 Å². The van der Waals surface area contributed by atoms with Gasteiger partial charge in [0.05, 0.1) is 0 Å². The third-order valence-electron chi connectivity index (χ3n) is 4.52. The zero-order valence-electron chi connectivity index (χ0n) is 10.4. The lowest BCUT2D eigenvalue weighted by Crippen LogP contribution is -2.09. The van der Waals surface area contributed by atoms with Gasteiger partial charge in [-0.15, -0.1) is 11.6 Å². The predicted octanol–water partition coefficient (Wildman–Crippen LogP) is 3.98. The first-order valence-electron chi connectivity index (χ1n) is 6.81. The van der Waals surface area contributed by atoms with Crippen molar-refractivity contribution in [1.82, 2.24) is 4.98 Å². The molecule has 1 nitrogen and oxygen atoms in total. The van der Waals surface area contributed by atoms with Crippen LogP contribution in [0.3, 0.4) is 0 Å². The largest absolute Gasteiger partial charge is 0.261 e. The molecule has 1 aromatic heterocycles. The Labute approximate surface area is 109 Å². The van der Waals surface area contributed by atoms with Gasteiger partial charge in [0.1, 0.15) is 0 Å². The van der Waals surface area contributed by atoms with Crippen LogP contribution in [0.5, 0.6) is 0 Å². The Morgan fingerprint density at radius 3 is 2.59 bits per heavy atom. The van der Waals surface area contributed by atoms with Crippen LogP contribution in [0, 0.1) is 24.7 Å². The highest BCUT2D eigenvalue weighted by molar-refractivity contribution is 6.21. The van der Waals surface area contributed by atoms with Crippen LogP contribution in [0.4, 0.5) is 0 Å². The van der Waals surface area contributed by atoms with Crippen molar-refractivity contribution in [3.8, 4) is 0 Å². The minimum Gasteiger partial charge on any atom is -0.261 e. The van der Waals surface area contributed by atoms with E-state index in [1.807, 2.05) is 6.20 Å². The molecule has 1 heterocycles. The van der Waals surface area contributed by atoms with Gasteiger partial charge in [0.15, 0.2) is 0 Å². The summed E-state index contributed by atoms with van der Waals surface area (Å²) < 4.78 is 0. The number of alkyl halides is 1. The number of rotatable bonds is 3. The van der Waals surface area contributed by atoms with Crippen molar-refractivity contribution in [1.29, 1.82) is 0 Å². The first-order valence-corrected chi connectivity index (χ1v) is 7.25. The SMILES string of the molecule is Cc1ccc(CC(Cl)C2C3CCCCC32)nc1. The summed E-state index contributed by atoms with van der Waals surface area (Å²) in [6, 6.07) is 4.25. The van der Waals surface area contributed by atoms with Crippen molar-refractivity contribution in [3.05, 3.63) is 29.6 Å². The molecule has 2 aliphatic rings. The Morgan fingerprint density at radius 1 is 1.29 bits per heavy atom. The minimum atomic E-state index is 0.304. The molecule has 2 saturated carbocycles. The van der Waals surface area contributed by atoms with Crippen LogP contribution in [0.2, 0.25) is 0 Å². The van der Waals surface area contributed by atoms with Crippen molar-refractivity contribution >= 4 is 11.6 Å². The smallest absolute Gasteiger partial charge is 0.0425 e. The topological polar surface area (TPSA) is 12.9 Å². The molecule has 0 spiro atoms. The molecule has 2 fully saturated rings. The molecular weight excluding hydrogens is 230 g/mol. The lowest BCUT2D eigenvalue weighted by Gasteiger charge is -2.08. The van der Waals surface area contributed by atoms with Gasteiger partial charge < -0.3 is 0 Å². The molecule has 3 rings (SSSR count). The molecule has 92 valence electrons. The van der Waals surface area contributed by atoms with Gasteiger partial charge in [-0.2, -0.15) is 0 Å². The summed E-state index contributed by atoms with van der Waals surface area (Å²) in [5.41, 5.74) is 2.37. The van der Waals surface area contributed by atoms with E-state index >= 15 is 0 Å². The molecule has 3 unspecified atom stereocenters. The van der Waals surface area contributed by atoms with Crippen LogP contribution < -0.4 is 0 Å². The molecule has 2 heteroatoms. The van der Waals surface area contributed by atoms with E-state index in [9.17, 15) is 0 Å². The maximum absolute atomic E-state index is 6.59. The Kier molecular flexibility index (Phi) is 3.12. The Bertz CT molecular complexity index is 374. The van der Waals surface area contributed by atoms with E-state index < -0.39 is 0 Å². The summed E-state index contributed by atoms with van der Waals surface area (Å²) in [5.74, 6) is 2.66. The standard InChI is InChI=1S/C15H20ClN/c1-10-6-7-11(17-9-10)8-14(16)15-12-4-2-3-5-13(12)15/h6-7,9,12-15H,2-5,8H2,1H3. The van der Waals surface area contributed by atoms with Gasteiger partial charge in [-0.05, 0) is 49.1 Å². The fraction of sp³-hybridized carbons (Fsp3) is 0.667. The van der Waals surface area contributed by atoms with Crippen molar-refractivity contribution in [2.75, 3.05) is 0 Å². The minimum absolute atomic E-state index is 0.304. The maximum Gasteiger partial charge on any atom is 0.0425 e.